The third-order valence-electron chi connectivity index (χ3n) is 2.56. The minimum Gasteiger partial charge on any atom is -0.366 e. The second kappa shape index (κ2) is 5.49. The van der Waals surface area contributed by atoms with Crippen LogP contribution in [0.4, 0.5) is 5.69 Å². The minimum absolute atomic E-state index is 0.0113. The molecule has 0 bridgehead atoms. The molecule has 4 heteroatoms. The average Bonchev–Trinajstić information content (AvgIpc) is 2.27. The largest absolute Gasteiger partial charge is 0.366 e. The zero-order chi connectivity index (χ0) is 12.1. The van der Waals surface area contributed by atoms with Gasteiger partial charge in [-0.25, -0.2) is 4.99 Å². The summed E-state index contributed by atoms with van der Waals surface area (Å²) in [5.41, 5.74) is 2.40. The Balaban J connectivity index is 3.05. The van der Waals surface area contributed by atoms with E-state index >= 15 is 0 Å². The van der Waals surface area contributed by atoms with Crippen LogP contribution in [0.15, 0.2) is 15.9 Å². The lowest BCUT2D eigenvalue weighted by Crippen LogP contribution is -2.15. The first-order chi connectivity index (χ1) is 7.58. The van der Waals surface area contributed by atoms with E-state index in [0.717, 1.165) is 29.9 Å². The van der Waals surface area contributed by atoms with Crippen molar-refractivity contribution in [2.45, 2.75) is 27.2 Å². The smallest absolute Gasteiger partial charge is 0.251 e. The fourth-order valence-electron chi connectivity index (χ4n) is 1.29. The third kappa shape index (κ3) is 2.95. The quantitative estimate of drug-likeness (QED) is 0.623. The molecule has 0 spiro atoms. The number of pyridine rings is 1. The highest BCUT2D eigenvalue weighted by Gasteiger charge is 2.02. The van der Waals surface area contributed by atoms with E-state index in [0.29, 0.717) is 0 Å². The molecule has 1 N–H and O–H groups in total. The Morgan fingerprint density at radius 1 is 1.50 bits per heavy atom. The molecule has 0 aliphatic rings. The van der Waals surface area contributed by atoms with Crippen LogP contribution in [0.25, 0.3) is 0 Å². The van der Waals surface area contributed by atoms with E-state index in [-0.39, 0.29) is 5.56 Å². The molecule has 88 valence electrons. The summed E-state index contributed by atoms with van der Waals surface area (Å²) < 4.78 is 0. The lowest BCUT2D eigenvalue weighted by Gasteiger charge is -2.09. The molecule has 0 unspecified atom stereocenters. The van der Waals surface area contributed by atoms with Crippen LogP contribution in [0.3, 0.4) is 0 Å². The molecule has 0 radical (unpaired) electrons. The number of aromatic nitrogens is 1. The number of aromatic amines is 1. The first-order valence-corrected chi connectivity index (χ1v) is 5.55. The number of H-pyrrole nitrogens is 1. The number of aryl methyl sites for hydroxylation is 2. The van der Waals surface area contributed by atoms with Crippen LogP contribution < -0.4 is 5.56 Å². The highest BCUT2D eigenvalue weighted by molar-refractivity contribution is 5.62. The average molecular weight is 221 g/mol. The van der Waals surface area contributed by atoms with Crippen LogP contribution in [0.2, 0.25) is 0 Å². The molecule has 1 rings (SSSR count). The van der Waals surface area contributed by atoms with Gasteiger partial charge in [0.25, 0.3) is 5.56 Å². The topological polar surface area (TPSA) is 48.5 Å². The predicted molar refractivity (Wildman–Crippen MR) is 67.6 cm³/mol. The summed E-state index contributed by atoms with van der Waals surface area (Å²) in [4.78, 5) is 20.7. The fourth-order valence-corrected chi connectivity index (χ4v) is 1.29. The van der Waals surface area contributed by atoms with Crippen molar-refractivity contribution in [3.63, 3.8) is 0 Å². The molecule has 1 aromatic rings. The number of nitrogens with one attached hydrogen (secondary N) is 1. The number of nitrogens with zero attached hydrogens (tertiary/aromatic N) is 2. The van der Waals surface area contributed by atoms with Gasteiger partial charge < -0.3 is 9.88 Å². The van der Waals surface area contributed by atoms with Gasteiger partial charge in [0.1, 0.15) is 0 Å². The molecule has 4 nitrogen and oxygen atoms in total. The van der Waals surface area contributed by atoms with Gasteiger partial charge in [-0.2, -0.15) is 0 Å². The maximum atomic E-state index is 11.5. The second-order valence-electron chi connectivity index (χ2n) is 3.81. The Hall–Kier alpha value is -1.58. The highest BCUT2D eigenvalue weighted by atomic mass is 16.1. The van der Waals surface area contributed by atoms with Crippen LogP contribution in [0, 0.1) is 6.92 Å². The summed E-state index contributed by atoms with van der Waals surface area (Å²) in [5.74, 6) is 0. The predicted octanol–water partition coefficient (Wildman–Crippen LogP) is 1.86. The van der Waals surface area contributed by atoms with Crippen molar-refractivity contribution in [1.82, 2.24) is 9.88 Å². The highest BCUT2D eigenvalue weighted by Crippen LogP contribution is 2.15. The Kier molecular flexibility index (Phi) is 4.28. The molecule has 0 aliphatic carbocycles. The summed E-state index contributed by atoms with van der Waals surface area (Å²) >= 11 is 0. The van der Waals surface area contributed by atoms with Crippen LogP contribution in [0.5, 0.6) is 0 Å². The molecule has 16 heavy (non-hydrogen) atoms. The van der Waals surface area contributed by atoms with Crippen molar-refractivity contribution in [3.8, 4) is 0 Å². The van der Waals surface area contributed by atoms with Gasteiger partial charge in [0.2, 0.25) is 0 Å². The normalized spacial score (nSPS) is 11.0. The van der Waals surface area contributed by atoms with Gasteiger partial charge >= 0.3 is 0 Å². The van der Waals surface area contributed by atoms with Gasteiger partial charge in [0.15, 0.2) is 0 Å². The van der Waals surface area contributed by atoms with Crippen LogP contribution in [-0.2, 0) is 6.42 Å². The standard InChI is InChI=1S/C12H19N3O/c1-5-10-7-11(9(3)14-12(10)16)13-8-15(4)6-2/h7-8H,5-6H2,1-4H3,(H,14,16). The van der Waals surface area contributed by atoms with Gasteiger partial charge in [-0.3, -0.25) is 4.79 Å². The minimum atomic E-state index is -0.0113. The van der Waals surface area contributed by atoms with Gasteiger partial charge in [-0.1, -0.05) is 6.92 Å². The maximum Gasteiger partial charge on any atom is 0.251 e. The molecule has 0 saturated heterocycles. The molecular weight excluding hydrogens is 202 g/mol. The van der Waals surface area contributed by atoms with Crippen LogP contribution >= 0.6 is 0 Å². The van der Waals surface area contributed by atoms with Gasteiger partial charge in [-0.15, -0.1) is 0 Å². The number of hydrogen-bond donors (Lipinski definition) is 1. The molecule has 0 saturated carbocycles. The lowest BCUT2D eigenvalue weighted by atomic mass is 10.2. The zero-order valence-corrected chi connectivity index (χ0v) is 10.4. The summed E-state index contributed by atoms with van der Waals surface area (Å²) in [5, 5.41) is 0. The molecule has 1 aromatic heterocycles. The Morgan fingerprint density at radius 2 is 2.19 bits per heavy atom. The molecule has 0 atom stereocenters. The van der Waals surface area contributed by atoms with E-state index in [2.05, 4.69) is 16.9 Å². The summed E-state index contributed by atoms with van der Waals surface area (Å²) in [6.45, 7) is 6.79. The first-order valence-electron chi connectivity index (χ1n) is 5.55. The van der Waals surface area contributed by atoms with Crippen molar-refractivity contribution >= 4 is 12.0 Å². The monoisotopic (exact) mass is 221 g/mol. The second-order valence-corrected chi connectivity index (χ2v) is 3.81. The van der Waals surface area contributed by atoms with E-state index in [9.17, 15) is 4.79 Å². The van der Waals surface area contributed by atoms with Gasteiger partial charge in [0, 0.05) is 24.8 Å². The maximum absolute atomic E-state index is 11.5. The summed E-state index contributed by atoms with van der Waals surface area (Å²) in [6.07, 6.45) is 2.50. The van der Waals surface area contributed by atoms with E-state index in [1.165, 1.54) is 0 Å². The van der Waals surface area contributed by atoms with Crippen molar-refractivity contribution in [2.75, 3.05) is 13.6 Å². The Bertz CT molecular complexity index is 434. The van der Waals surface area contributed by atoms with E-state index in [4.69, 9.17) is 0 Å². The third-order valence-corrected chi connectivity index (χ3v) is 2.56. The van der Waals surface area contributed by atoms with Crippen molar-refractivity contribution < 1.29 is 0 Å². The number of aliphatic imine (C=N–C) groups is 1. The summed E-state index contributed by atoms with van der Waals surface area (Å²) in [7, 11) is 1.96. The molecule has 0 aliphatic heterocycles. The lowest BCUT2D eigenvalue weighted by molar-refractivity contribution is 0.552. The molecule has 1 heterocycles. The van der Waals surface area contributed by atoms with Crippen LogP contribution in [0.1, 0.15) is 25.1 Å². The number of hydrogen-bond acceptors (Lipinski definition) is 2. The SMILES string of the molecule is CCc1cc(N=CN(C)CC)c(C)[nH]c1=O. The van der Waals surface area contributed by atoms with E-state index in [1.54, 1.807) is 6.34 Å². The Labute approximate surface area is 96.0 Å². The zero-order valence-electron chi connectivity index (χ0n) is 10.4. The van der Waals surface area contributed by atoms with Crippen molar-refractivity contribution in [1.29, 1.82) is 0 Å². The van der Waals surface area contributed by atoms with Crippen LogP contribution in [-0.4, -0.2) is 29.8 Å². The van der Waals surface area contributed by atoms with Gasteiger partial charge in [-0.05, 0) is 26.3 Å². The van der Waals surface area contributed by atoms with E-state index in [1.807, 2.05) is 31.9 Å². The molecular formula is C12H19N3O. The molecule has 0 aromatic carbocycles. The number of rotatable bonds is 4. The molecule has 0 fully saturated rings. The van der Waals surface area contributed by atoms with E-state index < -0.39 is 0 Å². The van der Waals surface area contributed by atoms with Crippen molar-refractivity contribution in [2.24, 2.45) is 4.99 Å². The Morgan fingerprint density at radius 3 is 2.75 bits per heavy atom. The first kappa shape index (κ1) is 12.5. The molecule has 0 amide bonds. The fraction of sp³-hybridized carbons (Fsp3) is 0.500. The summed E-state index contributed by atoms with van der Waals surface area (Å²) in [6, 6.07) is 1.86. The van der Waals surface area contributed by atoms with Gasteiger partial charge in [0.05, 0.1) is 12.0 Å². The van der Waals surface area contributed by atoms with Crippen molar-refractivity contribution in [3.05, 3.63) is 27.7 Å².